The molecule has 0 saturated heterocycles. The number of hydrogen-bond acceptors (Lipinski definition) is 4. The number of pyridine rings is 1. The Morgan fingerprint density at radius 1 is 1.36 bits per heavy atom. The van der Waals surface area contributed by atoms with E-state index in [0.29, 0.717) is 5.65 Å². The van der Waals surface area contributed by atoms with Crippen LogP contribution < -0.4 is 0 Å². The molecule has 0 bridgehead atoms. The molecule has 2 heterocycles. The van der Waals surface area contributed by atoms with Gasteiger partial charge in [0.2, 0.25) is 5.88 Å². The second kappa shape index (κ2) is 3.21. The second-order valence-corrected chi connectivity index (χ2v) is 3.49. The first-order chi connectivity index (χ1) is 6.68. The summed E-state index contributed by atoms with van der Waals surface area (Å²) < 4.78 is 0. The Morgan fingerprint density at radius 3 is 2.86 bits per heavy atom. The van der Waals surface area contributed by atoms with E-state index >= 15 is 0 Å². The van der Waals surface area contributed by atoms with E-state index in [9.17, 15) is 5.11 Å². The van der Waals surface area contributed by atoms with E-state index in [4.69, 9.17) is 0 Å². The molecule has 72 valence electrons. The van der Waals surface area contributed by atoms with E-state index in [1.807, 2.05) is 19.9 Å². The van der Waals surface area contributed by atoms with E-state index in [1.54, 1.807) is 6.20 Å². The van der Waals surface area contributed by atoms with Crippen LogP contribution >= 0.6 is 0 Å². The highest BCUT2D eigenvalue weighted by Gasteiger charge is 2.09. The van der Waals surface area contributed by atoms with E-state index < -0.39 is 0 Å². The smallest absolute Gasteiger partial charge is 0.216 e. The van der Waals surface area contributed by atoms with Gasteiger partial charge in [0.1, 0.15) is 6.33 Å². The summed E-state index contributed by atoms with van der Waals surface area (Å²) in [5.74, 6) is 0.304. The first-order valence-electron chi connectivity index (χ1n) is 4.48. The van der Waals surface area contributed by atoms with Gasteiger partial charge in [-0.3, -0.25) is 0 Å². The molecule has 0 aliphatic heterocycles. The molecule has 2 rings (SSSR count). The average Bonchev–Trinajstić information content (AvgIpc) is 2.16. The summed E-state index contributed by atoms with van der Waals surface area (Å²) in [7, 11) is 0. The molecule has 0 spiro atoms. The molecule has 0 atom stereocenters. The van der Waals surface area contributed by atoms with Crippen molar-refractivity contribution in [1.82, 2.24) is 15.0 Å². The van der Waals surface area contributed by atoms with Crippen LogP contribution in [0.4, 0.5) is 0 Å². The van der Waals surface area contributed by atoms with Crippen LogP contribution in [-0.4, -0.2) is 20.1 Å². The number of fused-ring (bicyclic) bond motifs is 1. The first kappa shape index (κ1) is 8.87. The van der Waals surface area contributed by atoms with Gasteiger partial charge in [0, 0.05) is 17.1 Å². The van der Waals surface area contributed by atoms with E-state index in [0.717, 1.165) is 10.9 Å². The summed E-state index contributed by atoms with van der Waals surface area (Å²) in [4.78, 5) is 11.9. The number of aromatic hydroxyl groups is 1. The van der Waals surface area contributed by atoms with Crippen molar-refractivity contribution < 1.29 is 5.11 Å². The molecule has 1 N–H and O–H groups in total. The fourth-order valence-electron chi connectivity index (χ4n) is 1.35. The third kappa shape index (κ3) is 1.39. The van der Waals surface area contributed by atoms with E-state index in [2.05, 4.69) is 15.0 Å². The van der Waals surface area contributed by atoms with Crippen molar-refractivity contribution in [3.8, 4) is 5.88 Å². The quantitative estimate of drug-likeness (QED) is 0.743. The summed E-state index contributed by atoms with van der Waals surface area (Å²) in [5.41, 5.74) is 1.36. The Balaban J connectivity index is 2.71. The van der Waals surface area contributed by atoms with E-state index in [-0.39, 0.29) is 11.8 Å². The fourth-order valence-corrected chi connectivity index (χ4v) is 1.35. The van der Waals surface area contributed by atoms with Crippen molar-refractivity contribution in [1.29, 1.82) is 0 Å². The second-order valence-electron chi connectivity index (χ2n) is 3.49. The lowest BCUT2D eigenvalue weighted by molar-refractivity contribution is 0.445. The Kier molecular flexibility index (Phi) is 2.04. The Hall–Kier alpha value is -1.71. The van der Waals surface area contributed by atoms with Gasteiger partial charge in [0.05, 0.1) is 0 Å². The zero-order valence-corrected chi connectivity index (χ0v) is 8.10. The van der Waals surface area contributed by atoms with Crippen molar-refractivity contribution in [2.45, 2.75) is 19.8 Å². The van der Waals surface area contributed by atoms with Crippen molar-refractivity contribution >= 4 is 11.0 Å². The van der Waals surface area contributed by atoms with Crippen LogP contribution in [0.25, 0.3) is 11.0 Å². The lowest BCUT2D eigenvalue weighted by atomic mass is 10.0. The molecule has 0 amide bonds. The van der Waals surface area contributed by atoms with Gasteiger partial charge in [-0.2, -0.15) is 4.98 Å². The molecule has 4 heteroatoms. The summed E-state index contributed by atoms with van der Waals surface area (Å²) >= 11 is 0. The number of nitrogens with zero attached hydrogens (tertiary/aromatic N) is 3. The molecule has 0 aliphatic carbocycles. The predicted octanol–water partition coefficient (Wildman–Crippen LogP) is 1.85. The minimum Gasteiger partial charge on any atom is -0.493 e. The molecule has 0 saturated carbocycles. The Labute approximate surface area is 81.7 Å². The maximum atomic E-state index is 9.61. The molecule has 2 aromatic heterocycles. The third-order valence-electron chi connectivity index (χ3n) is 2.12. The summed E-state index contributed by atoms with van der Waals surface area (Å²) in [6.45, 7) is 4.01. The topological polar surface area (TPSA) is 58.9 Å². The van der Waals surface area contributed by atoms with Crippen LogP contribution in [0.15, 0.2) is 18.6 Å². The average molecular weight is 189 g/mol. The number of hydrogen-bond donors (Lipinski definition) is 1. The minimum absolute atomic E-state index is 0.0613. The monoisotopic (exact) mass is 189 g/mol. The highest BCUT2D eigenvalue weighted by Crippen LogP contribution is 2.25. The zero-order valence-electron chi connectivity index (χ0n) is 8.10. The summed E-state index contributed by atoms with van der Waals surface area (Å²) in [6, 6.07) is 1.88. The van der Waals surface area contributed by atoms with Crippen molar-refractivity contribution in [3.05, 3.63) is 24.2 Å². The van der Waals surface area contributed by atoms with Crippen molar-refractivity contribution in [2.75, 3.05) is 0 Å². The van der Waals surface area contributed by atoms with Crippen LogP contribution in [-0.2, 0) is 0 Å². The van der Waals surface area contributed by atoms with Gasteiger partial charge in [-0.05, 0) is 12.0 Å². The van der Waals surface area contributed by atoms with Crippen LogP contribution in [0.5, 0.6) is 5.88 Å². The maximum Gasteiger partial charge on any atom is 0.216 e. The van der Waals surface area contributed by atoms with Crippen LogP contribution in [0.1, 0.15) is 25.3 Å². The highest BCUT2D eigenvalue weighted by molar-refractivity contribution is 5.75. The normalized spacial score (nSPS) is 11.1. The molecule has 0 unspecified atom stereocenters. The SMILES string of the molecule is CC(C)c1cc2cncnc2nc1O. The first-order valence-corrected chi connectivity index (χ1v) is 4.48. The lowest BCUT2D eigenvalue weighted by Gasteiger charge is -2.07. The fraction of sp³-hybridized carbons (Fsp3) is 0.300. The molecule has 0 radical (unpaired) electrons. The van der Waals surface area contributed by atoms with Gasteiger partial charge in [-0.1, -0.05) is 13.8 Å². The van der Waals surface area contributed by atoms with Gasteiger partial charge >= 0.3 is 0 Å². The standard InChI is InChI=1S/C10H11N3O/c1-6(2)8-3-7-4-11-5-12-9(7)13-10(8)14/h3-6H,1-2H3,(H,11,12,13,14). The summed E-state index contributed by atoms with van der Waals surface area (Å²) in [5, 5.41) is 10.5. The highest BCUT2D eigenvalue weighted by atomic mass is 16.3. The Morgan fingerprint density at radius 2 is 2.14 bits per heavy atom. The minimum atomic E-state index is 0.0613. The molecule has 14 heavy (non-hydrogen) atoms. The van der Waals surface area contributed by atoms with Gasteiger partial charge in [0.15, 0.2) is 5.65 Å². The molecule has 0 fully saturated rings. The molecular formula is C10H11N3O. The van der Waals surface area contributed by atoms with Crippen molar-refractivity contribution in [2.24, 2.45) is 0 Å². The van der Waals surface area contributed by atoms with Gasteiger partial charge in [0.25, 0.3) is 0 Å². The maximum absolute atomic E-state index is 9.61. The molecule has 0 aliphatic rings. The largest absolute Gasteiger partial charge is 0.493 e. The van der Waals surface area contributed by atoms with Crippen molar-refractivity contribution in [3.63, 3.8) is 0 Å². The molecule has 4 nitrogen and oxygen atoms in total. The predicted molar refractivity (Wildman–Crippen MR) is 53.1 cm³/mol. The molecule has 0 aromatic carbocycles. The number of aromatic nitrogens is 3. The Bertz CT molecular complexity index is 468. The third-order valence-corrected chi connectivity index (χ3v) is 2.12. The van der Waals surface area contributed by atoms with Crippen LogP contribution in [0.2, 0.25) is 0 Å². The lowest BCUT2D eigenvalue weighted by Crippen LogP contribution is -1.93. The zero-order chi connectivity index (χ0) is 10.1. The number of rotatable bonds is 1. The van der Waals surface area contributed by atoms with Crippen LogP contribution in [0, 0.1) is 0 Å². The van der Waals surface area contributed by atoms with E-state index in [1.165, 1.54) is 6.33 Å². The molecular weight excluding hydrogens is 178 g/mol. The molecule has 2 aromatic rings. The van der Waals surface area contributed by atoms with Crippen LogP contribution in [0.3, 0.4) is 0 Å². The summed E-state index contributed by atoms with van der Waals surface area (Å²) in [6.07, 6.45) is 3.12. The van der Waals surface area contributed by atoms with Gasteiger partial charge < -0.3 is 5.11 Å². The van der Waals surface area contributed by atoms with Gasteiger partial charge in [-0.15, -0.1) is 0 Å². The van der Waals surface area contributed by atoms with Gasteiger partial charge in [-0.25, -0.2) is 9.97 Å².